The van der Waals surface area contributed by atoms with Crippen molar-refractivity contribution >= 4 is 11.0 Å². The molecular formula is C19H17FN4O. The molecule has 3 aromatic rings. The van der Waals surface area contributed by atoms with Crippen LogP contribution in [-0.4, -0.2) is 14.1 Å². The van der Waals surface area contributed by atoms with Crippen LogP contribution in [0.4, 0.5) is 4.39 Å². The lowest BCUT2D eigenvalue weighted by Gasteiger charge is -2.10. The summed E-state index contributed by atoms with van der Waals surface area (Å²) in [5.74, 6) is -0.499. The second-order valence-corrected chi connectivity index (χ2v) is 7.04. The van der Waals surface area contributed by atoms with Crippen molar-refractivity contribution in [1.82, 2.24) is 14.1 Å². The quantitative estimate of drug-likeness (QED) is 0.738. The summed E-state index contributed by atoms with van der Waals surface area (Å²) in [6.45, 7) is 2.73. The number of imidazole rings is 1. The molecular weight excluding hydrogens is 319 g/mol. The third-order valence-corrected chi connectivity index (χ3v) is 5.09. The summed E-state index contributed by atoms with van der Waals surface area (Å²) in [6.07, 6.45) is 3.66. The molecule has 2 heterocycles. The van der Waals surface area contributed by atoms with E-state index in [1.54, 1.807) is 35.9 Å². The van der Waals surface area contributed by atoms with E-state index in [0.29, 0.717) is 17.6 Å². The second kappa shape index (κ2) is 5.28. The number of pyridine rings is 1. The average molecular weight is 336 g/mol. The predicted octanol–water partition coefficient (Wildman–Crippen LogP) is 3.21. The van der Waals surface area contributed by atoms with Gasteiger partial charge in [0.25, 0.3) is 0 Å². The Morgan fingerprint density at radius 1 is 1.32 bits per heavy atom. The van der Waals surface area contributed by atoms with Crippen LogP contribution in [0.2, 0.25) is 0 Å². The molecule has 126 valence electrons. The number of benzene rings is 1. The lowest BCUT2D eigenvalue weighted by Crippen LogP contribution is -2.25. The van der Waals surface area contributed by atoms with Crippen LogP contribution in [0.25, 0.3) is 22.2 Å². The summed E-state index contributed by atoms with van der Waals surface area (Å²) in [5.41, 5.74) is 1.64. The standard InChI is InChI=1S/C19H17FN4O/c1-19(7-8-19)11-24-15-6-5-13(12-4-3-9-22-14(12)10-21)16(20)17(15)23(2)18(24)25/h3-6,9H,7-8,11H2,1-2H3. The number of fused-ring (bicyclic) bond motifs is 1. The Morgan fingerprint density at radius 2 is 2.08 bits per heavy atom. The number of nitriles is 1. The van der Waals surface area contributed by atoms with Gasteiger partial charge in [-0.3, -0.25) is 9.13 Å². The van der Waals surface area contributed by atoms with E-state index in [1.165, 1.54) is 10.8 Å². The molecule has 25 heavy (non-hydrogen) atoms. The number of aromatic nitrogens is 3. The molecule has 0 saturated heterocycles. The predicted molar refractivity (Wildman–Crippen MR) is 92.4 cm³/mol. The van der Waals surface area contributed by atoms with Gasteiger partial charge < -0.3 is 0 Å². The first-order chi connectivity index (χ1) is 11.9. The molecule has 0 radical (unpaired) electrons. The molecule has 4 rings (SSSR count). The van der Waals surface area contributed by atoms with Gasteiger partial charge in [0.2, 0.25) is 0 Å². The van der Waals surface area contributed by atoms with Crippen LogP contribution in [0.3, 0.4) is 0 Å². The van der Waals surface area contributed by atoms with Crippen molar-refractivity contribution in [2.45, 2.75) is 26.3 Å². The van der Waals surface area contributed by atoms with Gasteiger partial charge in [0.05, 0.1) is 5.52 Å². The number of hydrogen-bond donors (Lipinski definition) is 0. The van der Waals surface area contributed by atoms with E-state index in [1.807, 2.05) is 6.07 Å². The van der Waals surface area contributed by atoms with Crippen molar-refractivity contribution in [1.29, 1.82) is 5.26 Å². The normalized spacial score (nSPS) is 15.3. The molecule has 2 aromatic heterocycles. The van der Waals surface area contributed by atoms with E-state index in [2.05, 4.69) is 11.9 Å². The van der Waals surface area contributed by atoms with E-state index < -0.39 is 5.82 Å². The summed E-state index contributed by atoms with van der Waals surface area (Å²) >= 11 is 0. The number of aryl methyl sites for hydroxylation is 1. The SMILES string of the molecule is Cn1c(=O)n(CC2(C)CC2)c2ccc(-c3cccnc3C#N)c(F)c21. The third kappa shape index (κ3) is 2.35. The van der Waals surface area contributed by atoms with Crippen molar-refractivity contribution in [2.24, 2.45) is 12.5 Å². The minimum absolute atomic E-state index is 0.130. The molecule has 5 nitrogen and oxygen atoms in total. The smallest absolute Gasteiger partial charge is 0.292 e. The van der Waals surface area contributed by atoms with Gasteiger partial charge in [-0.25, -0.2) is 14.2 Å². The zero-order valence-corrected chi connectivity index (χ0v) is 14.1. The molecule has 1 aliphatic rings. The van der Waals surface area contributed by atoms with Gasteiger partial charge in [0.15, 0.2) is 5.82 Å². The van der Waals surface area contributed by atoms with E-state index in [9.17, 15) is 10.1 Å². The first kappa shape index (κ1) is 15.6. The fraction of sp³-hybridized carbons (Fsp3) is 0.316. The molecule has 0 bridgehead atoms. The first-order valence-electron chi connectivity index (χ1n) is 8.18. The molecule has 1 aliphatic carbocycles. The Balaban J connectivity index is 1.97. The molecule has 1 aromatic carbocycles. The van der Waals surface area contributed by atoms with E-state index in [4.69, 9.17) is 0 Å². The largest absolute Gasteiger partial charge is 0.328 e. The van der Waals surface area contributed by atoms with Crippen LogP contribution in [0.15, 0.2) is 35.3 Å². The number of nitrogens with zero attached hydrogens (tertiary/aromatic N) is 4. The first-order valence-corrected chi connectivity index (χ1v) is 8.18. The summed E-state index contributed by atoms with van der Waals surface area (Å²) in [5, 5.41) is 9.23. The van der Waals surface area contributed by atoms with Gasteiger partial charge in [-0.05, 0) is 42.5 Å². The maximum Gasteiger partial charge on any atom is 0.328 e. The van der Waals surface area contributed by atoms with Crippen LogP contribution in [0, 0.1) is 22.6 Å². The van der Waals surface area contributed by atoms with Crippen LogP contribution < -0.4 is 5.69 Å². The van der Waals surface area contributed by atoms with Gasteiger partial charge in [-0.1, -0.05) is 6.92 Å². The fourth-order valence-electron chi connectivity index (χ4n) is 3.30. The minimum atomic E-state index is -0.499. The van der Waals surface area contributed by atoms with Crippen molar-refractivity contribution < 1.29 is 4.39 Å². The highest BCUT2D eigenvalue weighted by Gasteiger charge is 2.38. The minimum Gasteiger partial charge on any atom is -0.292 e. The van der Waals surface area contributed by atoms with E-state index in [-0.39, 0.29) is 27.9 Å². The van der Waals surface area contributed by atoms with Crippen LogP contribution >= 0.6 is 0 Å². The zero-order valence-electron chi connectivity index (χ0n) is 14.1. The highest BCUT2D eigenvalue weighted by molar-refractivity contribution is 5.84. The van der Waals surface area contributed by atoms with Crippen molar-refractivity contribution in [3.05, 3.63) is 52.5 Å². The molecule has 0 aliphatic heterocycles. The number of rotatable bonds is 3. The van der Waals surface area contributed by atoms with Gasteiger partial charge in [0, 0.05) is 30.9 Å². The second-order valence-electron chi connectivity index (χ2n) is 7.04. The summed E-state index contributed by atoms with van der Waals surface area (Å²) < 4.78 is 18.3. The Bertz CT molecular complexity index is 1100. The monoisotopic (exact) mass is 336 g/mol. The lowest BCUT2D eigenvalue weighted by atomic mass is 10.0. The highest BCUT2D eigenvalue weighted by atomic mass is 19.1. The maximum atomic E-state index is 15.3. The molecule has 0 unspecified atom stereocenters. The number of halogens is 1. The Morgan fingerprint density at radius 3 is 2.76 bits per heavy atom. The molecule has 6 heteroatoms. The van der Waals surface area contributed by atoms with Gasteiger partial charge >= 0.3 is 5.69 Å². The highest BCUT2D eigenvalue weighted by Crippen LogP contribution is 2.46. The van der Waals surface area contributed by atoms with Gasteiger partial charge in [-0.15, -0.1) is 0 Å². The summed E-state index contributed by atoms with van der Waals surface area (Å²) in [7, 11) is 1.58. The van der Waals surface area contributed by atoms with E-state index >= 15 is 4.39 Å². The van der Waals surface area contributed by atoms with Crippen molar-refractivity contribution in [3.8, 4) is 17.2 Å². The Hall–Kier alpha value is -2.94. The molecule has 1 fully saturated rings. The van der Waals surface area contributed by atoms with E-state index in [0.717, 1.165) is 12.8 Å². The lowest BCUT2D eigenvalue weighted by molar-refractivity contribution is 0.460. The topological polar surface area (TPSA) is 63.6 Å². The Labute approximate surface area is 144 Å². The van der Waals surface area contributed by atoms with Crippen LogP contribution in [0.1, 0.15) is 25.5 Å². The average Bonchev–Trinajstić information content (AvgIpc) is 3.30. The van der Waals surface area contributed by atoms with Crippen molar-refractivity contribution in [3.63, 3.8) is 0 Å². The van der Waals surface area contributed by atoms with Crippen LogP contribution in [-0.2, 0) is 13.6 Å². The maximum absolute atomic E-state index is 15.3. The molecule has 0 N–H and O–H groups in total. The Kier molecular flexibility index (Phi) is 3.29. The van der Waals surface area contributed by atoms with Crippen LogP contribution in [0.5, 0.6) is 0 Å². The molecule has 1 saturated carbocycles. The molecule has 0 atom stereocenters. The summed E-state index contributed by atoms with van der Waals surface area (Å²) in [6, 6.07) is 8.70. The summed E-state index contributed by atoms with van der Waals surface area (Å²) in [4.78, 5) is 16.6. The van der Waals surface area contributed by atoms with Gasteiger partial charge in [0.1, 0.15) is 17.3 Å². The third-order valence-electron chi connectivity index (χ3n) is 5.09. The fourth-order valence-corrected chi connectivity index (χ4v) is 3.30. The molecule has 0 amide bonds. The molecule has 0 spiro atoms. The van der Waals surface area contributed by atoms with Crippen molar-refractivity contribution in [2.75, 3.05) is 0 Å². The zero-order chi connectivity index (χ0) is 17.8. The van der Waals surface area contributed by atoms with Gasteiger partial charge in [-0.2, -0.15) is 5.26 Å². The number of hydrogen-bond acceptors (Lipinski definition) is 3.